The molecule has 20 heavy (non-hydrogen) atoms. The van der Waals surface area contributed by atoms with E-state index in [2.05, 4.69) is 0 Å². The number of carbonyl (C=O) groups excluding carboxylic acids is 1. The van der Waals surface area contributed by atoms with Gasteiger partial charge in [-0.3, -0.25) is 4.79 Å². The number of rotatable bonds is 6. The summed E-state index contributed by atoms with van der Waals surface area (Å²) in [6.07, 6.45) is 0. The van der Waals surface area contributed by atoms with Crippen LogP contribution in [-0.4, -0.2) is 43.6 Å². The Morgan fingerprint density at radius 3 is 2.45 bits per heavy atom. The fourth-order valence-corrected chi connectivity index (χ4v) is 1.85. The molecular formula is C14H20N2O3S. The molecule has 0 aromatic heterocycles. The van der Waals surface area contributed by atoms with Crippen LogP contribution in [0.25, 0.3) is 0 Å². The molecule has 0 saturated heterocycles. The van der Waals surface area contributed by atoms with E-state index in [-0.39, 0.29) is 11.8 Å². The summed E-state index contributed by atoms with van der Waals surface area (Å²) in [5.74, 6) is 0.963. The SMILES string of the molecule is COc1ccc(C(=O)N(C)CC(C)C(N)=S)cc1OC. The van der Waals surface area contributed by atoms with Gasteiger partial charge >= 0.3 is 0 Å². The van der Waals surface area contributed by atoms with Crippen molar-refractivity contribution >= 4 is 23.1 Å². The number of hydrogen-bond donors (Lipinski definition) is 1. The Kier molecular flexibility index (Phi) is 5.76. The highest BCUT2D eigenvalue weighted by Gasteiger charge is 2.17. The van der Waals surface area contributed by atoms with Crippen LogP contribution in [0.3, 0.4) is 0 Å². The average Bonchev–Trinajstić information content (AvgIpc) is 2.45. The van der Waals surface area contributed by atoms with Crippen molar-refractivity contribution < 1.29 is 14.3 Å². The minimum atomic E-state index is -0.117. The third-order valence-electron chi connectivity index (χ3n) is 3.01. The lowest BCUT2D eigenvalue weighted by Crippen LogP contribution is -2.35. The summed E-state index contributed by atoms with van der Waals surface area (Å²) < 4.78 is 10.3. The van der Waals surface area contributed by atoms with Gasteiger partial charge in [-0.1, -0.05) is 19.1 Å². The Morgan fingerprint density at radius 1 is 1.35 bits per heavy atom. The van der Waals surface area contributed by atoms with Gasteiger partial charge in [-0.25, -0.2) is 0 Å². The van der Waals surface area contributed by atoms with Gasteiger partial charge in [0.05, 0.1) is 19.2 Å². The number of ether oxygens (including phenoxy) is 2. The van der Waals surface area contributed by atoms with Crippen molar-refractivity contribution in [3.05, 3.63) is 23.8 Å². The number of benzene rings is 1. The number of methoxy groups -OCH3 is 2. The molecule has 1 aromatic carbocycles. The summed E-state index contributed by atoms with van der Waals surface area (Å²) in [6, 6.07) is 5.06. The van der Waals surface area contributed by atoms with E-state index in [1.807, 2.05) is 6.92 Å². The van der Waals surface area contributed by atoms with Crippen LogP contribution in [0.2, 0.25) is 0 Å². The van der Waals surface area contributed by atoms with Crippen molar-refractivity contribution in [3.8, 4) is 11.5 Å². The first-order valence-electron chi connectivity index (χ1n) is 6.17. The summed E-state index contributed by atoms with van der Waals surface area (Å²) in [7, 11) is 4.80. The third-order valence-corrected chi connectivity index (χ3v) is 3.41. The fourth-order valence-electron chi connectivity index (χ4n) is 1.77. The van der Waals surface area contributed by atoms with Crippen LogP contribution in [0.15, 0.2) is 18.2 Å². The lowest BCUT2D eigenvalue weighted by atomic mass is 10.1. The topological polar surface area (TPSA) is 64.8 Å². The van der Waals surface area contributed by atoms with E-state index in [1.54, 1.807) is 37.3 Å². The number of thiocarbonyl (C=S) groups is 1. The van der Waals surface area contributed by atoms with Gasteiger partial charge in [0.25, 0.3) is 5.91 Å². The van der Waals surface area contributed by atoms with Crippen molar-refractivity contribution in [1.29, 1.82) is 0 Å². The van der Waals surface area contributed by atoms with Crippen LogP contribution >= 0.6 is 12.2 Å². The van der Waals surface area contributed by atoms with E-state index in [4.69, 9.17) is 27.4 Å². The molecule has 0 aliphatic heterocycles. The number of carbonyl (C=O) groups is 1. The van der Waals surface area contributed by atoms with Crippen molar-refractivity contribution in [2.45, 2.75) is 6.92 Å². The maximum Gasteiger partial charge on any atom is 0.253 e. The Morgan fingerprint density at radius 2 is 1.95 bits per heavy atom. The molecule has 0 aliphatic rings. The predicted octanol–water partition coefficient (Wildman–Crippen LogP) is 1.70. The highest BCUT2D eigenvalue weighted by atomic mass is 32.1. The van der Waals surface area contributed by atoms with E-state index in [9.17, 15) is 4.79 Å². The van der Waals surface area contributed by atoms with Crippen LogP contribution in [0.1, 0.15) is 17.3 Å². The largest absolute Gasteiger partial charge is 0.493 e. The molecule has 110 valence electrons. The van der Waals surface area contributed by atoms with Crippen molar-refractivity contribution in [1.82, 2.24) is 4.90 Å². The van der Waals surface area contributed by atoms with Gasteiger partial charge in [0.2, 0.25) is 0 Å². The second kappa shape index (κ2) is 7.09. The van der Waals surface area contributed by atoms with Crippen LogP contribution in [0.4, 0.5) is 0 Å². The molecule has 0 saturated carbocycles. The van der Waals surface area contributed by atoms with Gasteiger partial charge in [-0.2, -0.15) is 0 Å². The number of nitrogens with zero attached hydrogens (tertiary/aromatic N) is 1. The zero-order valence-corrected chi connectivity index (χ0v) is 13.0. The molecule has 0 bridgehead atoms. The highest BCUT2D eigenvalue weighted by Crippen LogP contribution is 2.27. The zero-order valence-electron chi connectivity index (χ0n) is 12.2. The van der Waals surface area contributed by atoms with Gasteiger partial charge in [0.15, 0.2) is 11.5 Å². The van der Waals surface area contributed by atoms with Crippen LogP contribution < -0.4 is 15.2 Å². The van der Waals surface area contributed by atoms with Crippen molar-refractivity contribution in [2.24, 2.45) is 11.7 Å². The summed E-state index contributed by atoms with van der Waals surface area (Å²) in [4.78, 5) is 14.3. The summed E-state index contributed by atoms with van der Waals surface area (Å²) in [6.45, 7) is 2.36. The first-order valence-corrected chi connectivity index (χ1v) is 6.58. The lowest BCUT2D eigenvalue weighted by Gasteiger charge is -2.21. The molecular weight excluding hydrogens is 276 g/mol. The zero-order chi connectivity index (χ0) is 15.3. The number of nitrogens with two attached hydrogens (primary N) is 1. The van der Waals surface area contributed by atoms with E-state index < -0.39 is 0 Å². The maximum atomic E-state index is 12.3. The Hall–Kier alpha value is -1.82. The molecule has 1 aromatic rings. The normalized spacial score (nSPS) is 11.6. The Balaban J connectivity index is 2.89. The lowest BCUT2D eigenvalue weighted by molar-refractivity contribution is 0.0786. The van der Waals surface area contributed by atoms with E-state index in [0.29, 0.717) is 28.6 Å². The third kappa shape index (κ3) is 3.84. The molecule has 0 spiro atoms. The van der Waals surface area contributed by atoms with E-state index in [0.717, 1.165) is 0 Å². The van der Waals surface area contributed by atoms with Gasteiger partial charge < -0.3 is 20.1 Å². The Labute approximate surface area is 124 Å². The number of amides is 1. The summed E-state index contributed by atoms with van der Waals surface area (Å²) in [5.41, 5.74) is 6.09. The van der Waals surface area contributed by atoms with Gasteiger partial charge in [0.1, 0.15) is 0 Å². The average molecular weight is 296 g/mol. The Bertz CT molecular complexity index is 505. The molecule has 1 atom stereocenters. The molecule has 5 nitrogen and oxygen atoms in total. The van der Waals surface area contributed by atoms with Crippen LogP contribution in [0.5, 0.6) is 11.5 Å². The first kappa shape index (κ1) is 16.2. The van der Waals surface area contributed by atoms with Crippen LogP contribution in [0, 0.1) is 5.92 Å². The maximum absolute atomic E-state index is 12.3. The second-order valence-electron chi connectivity index (χ2n) is 4.56. The molecule has 2 N–H and O–H groups in total. The minimum Gasteiger partial charge on any atom is -0.493 e. The minimum absolute atomic E-state index is 0.0286. The number of hydrogen-bond acceptors (Lipinski definition) is 4. The quantitative estimate of drug-likeness (QED) is 0.809. The molecule has 0 aliphatic carbocycles. The van der Waals surface area contributed by atoms with Gasteiger partial charge in [0, 0.05) is 25.1 Å². The highest BCUT2D eigenvalue weighted by molar-refractivity contribution is 7.80. The standard InChI is InChI=1S/C14H20N2O3S/c1-9(13(15)20)8-16(2)14(17)10-5-6-11(18-3)12(7-10)19-4/h5-7,9H,8H2,1-4H3,(H2,15,20). The second-order valence-corrected chi connectivity index (χ2v) is 5.03. The fraction of sp³-hybridized carbons (Fsp3) is 0.429. The summed E-state index contributed by atoms with van der Waals surface area (Å²) >= 11 is 4.92. The molecule has 1 rings (SSSR count). The predicted molar refractivity (Wildman–Crippen MR) is 82.5 cm³/mol. The van der Waals surface area contributed by atoms with Crippen LogP contribution in [-0.2, 0) is 0 Å². The van der Waals surface area contributed by atoms with Gasteiger partial charge in [-0.15, -0.1) is 0 Å². The summed E-state index contributed by atoms with van der Waals surface area (Å²) in [5, 5.41) is 0. The molecule has 0 fully saturated rings. The molecule has 0 heterocycles. The smallest absolute Gasteiger partial charge is 0.253 e. The van der Waals surface area contributed by atoms with Crippen molar-refractivity contribution in [3.63, 3.8) is 0 Å². The molecule has 6 heteroatoms. The molecule has 1 unspecified atom stereocenters. The van der Waals surface area contributed by atoms with E-state index in [1.165, 1.54) is 7.11 Å². The van der Waals surface area contributed by atoms with E-state index >= 15 is 0 Å². The monoisotopic (exact) mass is 296 g/mol. The van der Waals surface area contributed by atoms with Gasteiger partial charge in [-0.05, 0) is 18.2 Å². The molecule has 0 radical (unpaired) electrons. The van der Waals surface area contributed by atoms with Crippen molar-refractivity contribution in [2.75, 3.05) is 27.8 Å². The first-order chi connectivity index (χ1) is 9.40. The molecule has 1 amide bonds.